The van der Waals surface area contributed by atoms with Gasteiger partial charge in [-0.15, -0.1) is 16.6 Å². The summed E-state index contributed by atoms with van der Waals surface area (Å²) in [5, 5.41) is 0. The molecule has 0 fully saturated rings. The maximum Gasteiger partial charge on any atom is 0.138 e. The molecule has 0 spiro atoms. The Bertz CT molecular complexity index is 522. The number of hydrogen-bond acceptors (Lipinski definition) is 0. The first kappa shape index (κ1) is 24.8. The van der Waals surface area contributed by atoms with Gasteiger partial charge in [0.15, 0.2) is 0 Å². The van der Waals surface area contributed by atoms with Crippen molar-refractivity contribution in [1.82, 2.24) is 0 Å². The molecule has 140 valence electrons. The highest BCUT2D eigenvalue weighted by Crippen LogP contribution is 2.33. The topological polar surface area (TPSA) is 0 Å². The molecule has 0 aliphatic carbocycles. The van der Waals surface area contributed by atoms with Crippen molar-refractivity contribution in [3.8, 4) is 33.6 Å². The van der Waals surface area contributed by atoms with Crippen molar-refractivity contribution >= 4 is 32.1 Å². The first-order valence-corrected chi connectivity index (χ1v) is 20.1. The summed E-state index contributed by atoms with van der Waals surface area (Å²) in [6, 6.07) is 7.52. The van der Waals surface area contributed by atoms with Crippen molar-refractivity contribution in [3.05, 3.63) is 0 Å². The molecule has 0 aromatic rings. The van der Waals surface area contributed by atoms with E-state index in [1.54, 1.807) is 0 Å². The largest absolute Gasteiger partial charge is 0.138 e. The Hall–Kier alpha value is -0.239. The third-order valence-electron chi connectivity index (χ3n) is 5.47. The molecule has 0 unspecified atom stereocenters. The highest BCUT2D eigenvalue weighted by Gasteiger charge is 2.25. The highest BCUT2D eigenvalue weighted by molar-refractivity contribution is 7.73. The Kier molecular flexibility index (Phi) is 11.4. The zero-order valence-electron chi connectivity index (χ0n) is 18.2. The fraction of sp³-hybridized carbons (Fsp3) is 0.714. The van der Waals surface area contributed by atoms with Crippen LogP contribution in [0.25, 0.3) is 0 Å². The minimum atomic E-state index is -1.41. The van der Waals surface area contributed by atoms with E-state index in [1.165, 1.54) is 36.3 Å². The van der Waals surface area contributed by atoms with Gasteiger partial charge in [-0.25, -0.2) is 0 Å². The van der Waals surface area contributed by atoms with Crippen molar-refractivity contribution in [2.75, 3.05) is 0 Å². The van der Waals surface area contributed by atoms with Gasteiger partial charge in [-0.05, 0) is 36.3 Å². The van der Waals surface area contributed by atoms with Crippen LogP contribution in [0.3, 0.4) is 0 Å². The lowest BCUT2D eigenvalue weighted by atomic mass is 10.9. The molecule has 0 nitrogen and oxygen atoms in total. The van der Waals surface area contributed by atoms with E-state index in [-0.39, 0.29) is 0 Å². The fourth-order valence-electron chi connectivity index (χ4n) is 2.69. The quantitative estimate of drug-likeness (QED) is 0.246. The summed E-state index contributed by atoms with van der Waals surface area (Å²) in [4.78, 5) is 0. The molecular weight excluding hydrogens is 367 g/mol. The van der Waals surface area contributed by atoms with E-state index in [1.807, 2.05) is 0 Å². The Morgan fingerprint density at radius 1 is 0.520 bits per heavy atom. The normalized spacial score (nSPS) is 11.8. The summed E-state index contributed by atoms with van der Waals surface area (Å²) < 4.78 is 0. The van der Waals surface area contributed by atoms with Crippen molar-refractivity contribution < 1.29 is 0 Å². The SMILES string of the molecule is CC[Si](C#CP(C#C[Si](C)(C)C)C#C[Si](CC)(CC)CC)(CC)CC. The minimum absolute atomic E-state index is 0.767. The predicted molar refractivity (Wildman–Crippen MR) is 128 cm³/mol. The summed E-state index contributed by atoms with van der Waals surface area (Å²) in [5.41, 5.74) is 21.8. The van der Waals surface area contributed by atoms with Crippen molar-refractivity contribution in [3.63, 3.8) is 0 Å². The van der Waals surface area contributed by atoms with Crippen LogP contribution in [0.5, 0.6) is 0 Å². The average molecular weight is 407 g/mol. The standard InChI is InChI=1S/C21H39PSi3/c1-10-24(11-2,12-3)20-17-22(16-19-23(7,8)9)18-21-25(13-4,14-5)15-6/h10-15H2,1-9H3. The molecule has 0 amide bonds. The van der Waals surface area contributed by atoms with Crippen LogP contribution in [-0.4, -0.2) is 24.2 Å². The van der Waals surface area contributed by atoms with E-state index in [9.17, 15) is 0 Å². The third-order valence-corrected chi connectivity index (χ3v) is 17.4. The van der Waals surface area contributed by atoms with Crippen LogP contribution in [0, 0.1) is 33.6 Å². The van der Waals surface area contributed by atoms with Crippen LogP contribution in [-0.2, 0) is 0 Å². The second-order valence-electron chi connectivity index (χ2n) is 7.98. The van der Waals surface area contributed by atoms with Crippen molar-refractivity contribution in [2.45, 2.75) is 97.4 Å². The van der Waals surface area contributed by atoms with Gasteiger partial charge in [-0.2, -0.15) is 0 Å². The summed E-state index contributed by atoms with van der Waals surface area (Å²) >= 11 is 0. The first-order chi connectivity index (χ1) is 11.6. The summed E-state index contributed by atoms with van der Waals surface area (Å²) in [6.07, 6.45) is 0. The van der Waals surface area contributed by atoms with Gasteiger partial charge < -0.3 is 0 Å². The first-order valence-electron chi connectivity index (χ1n) is 10.0. The van der Waals surface area contributed by atoms with Gasteiger partial charge in [0.05, 0.1) is 0 Å². The molecule has 0 saturated heterocycles. The Balaban J connectivity index is 5.89. The lowest BCUT2D eigenvalue weighted by Gasteiger charge is -2.21. The molecule has 0 N–H and O–H groups in total. The van der Waals surface area contributed by atoms with Gasteiger partial charge in [0.25, 0.3) is 0 Å². The van der Waals surface area contributed by atoms with Crippen LogP contribution in [0.15, 0.2) is 0 Å². The third kappa shape index (κ3) is 8.80. The molecule has 0 heterocycles. The Labute approximate surface area is 163 Å². The molecule has 0 aromatic carbocycles. The van der Waals surface area contributed by atoms with E-state index < -0.39 is 32.1 Å². The van der Waals surface area contributed by atoms with E-state index in [0.29, 0.717) is 0 Å². The molecule has 4 heteroatoms. The highest BCUT2D eigenvalue weighted by atomic mass is 31.1. The van der Waals surface area contributed by atoms with Gasteiger partial charge in [0.2, 0.25) is 0 Å². The molecule has 25 heavy (non-hydrogen) atoms. The average Bonchev–Trinajstić information content (AvgIpc) is 2.61. The maximum atomic E-state index is 3.75. The number of rotatable bonds is 6. The zero-order chi connectivity index (χ0) is 19.6. The second kappa shape index (κ2) is 11.5. The molecule has 0 bridgehead atoms. The van der Waals surface area contributed by atoms with Crippen LogP contribution < -0.4 is 0 Å². The molecular formula is C21H39PSi3. The van der Waals surface area contributed by atoms with E-state index in [4.69, 9.17) is 0 Å². The number of hydrogen-bond donors (Lipinski definition) is 0. The van der Waals surface area contributed by atoms with Crippen molar-refractivity contribution in [2.24, 2.45) is 0 Å². The fourth-order valence-corrected chi connectivity index (χ4v) is 11.5. The molecule has 0 saturated carbocycles. The van der Waals surface area contributed by atoms with Crippen LogP contribution >= 0.6 is 7.92 Å². The zero-order valence-corrected chi connectivity index (χ0v) is 22.1. The van der Waals surface area contributed by atoms with Crippen LogP contribution in [0.1, 0.15) is 41.5 Å². The van der Waals surface area contributed by atoms with E-state index >= 15 is 0 Å². The molecule has 0 radical (unpaired) electrons. The van der Waals surface area contributed by atoms with Gasteiger partial charge in [0.1, 0.15) is 32.1 Å². The molecule has 0 rings (SSSR count). The van der Waals surface area contributed by atoms with E-state index in [2.05, 4.69) is 94.8 Å². The maximum absolute atomic E-state index is 3.75. The van der Waals surface area contributed by atoms with Gasteiger partial charge in [0, 0.05) is 0 Å². The molecule has 0 aliphatic heterocycles. The monoisotopic (exact) mass is 406 g/mol. The lowest BCUT2D eigenvalue weighted by molar-refractivity contribution is 1.20. The van der Waals surface area contributed by atoms with Crippen LogP contribution in [0.2, 0.25) is 55.9 Å². The van der Waals surface area contributed by atoms with Gasteiger partial charge in [-0.1, -0.05) is 78.2 Å². The summed E-state index contributed by atoms with van der Waals surface area (Å²) in [6.45, 7) is 20.8. The Morgan fingerprint density at radius 3 is 1.04 bits per heavy atom. The Morgan fingerprint density at radius 2 is 0.800 bits per heavy atom. The van der Waals surface area contributed by atoms with Crippen LogP contribution in [0.4, 0.5) is 0 Å². The predicted octanol–water partition coefficient (Wildman–Crippen LogP) is 7.32. The van der Waals surface area contributed by atoms with Gasteiger partial charge in [-0.3, -0.25) is 0 Å². The minimum Gasteiger partial charge on any atom is -0.125 e. The molecule has 0 aliphatic rings. The smallest absolute Gasteiger partial charge is 0.125 e. The second-order valence-corrected chi connectivity index (χ2v) is 23.9. The van der Waals surface area contributed by atoms with E-state index in [0.717, 1.165) is 0 Å². The van der Waals surface area contributed by atoms with Gasteiger partial charge >= 0.3 is 0 Å². The summed E-state index contributed by atoms with van der Waals surface area (Å²) in [5.74, 6) is 0. The lowest BCUT2D eigenvalue weighted by Crippen LogP contribution is -2.29. The molecule has 0 aromatic heterocycles. The summed E-state index contributed by atoms with van der Waals surface area (Å²) in [7, 11) is -4.97. The van der Waals surface area contributed by atoms with Crippen molar-refractivity contribution in [1.29, 1.82) is 0 Å². The molecule has 0 atom stereocenters.